The van der Waals surface area contributed by atoms with Gasteiger partial charge in [0.05, 0.1) is 11.7 Å². The molecule has 1 aliphatic rings. The van der Waals surface area contributed by atoms with Crippen LogP contribution in [0.4, 0.5) is 5.69 Å². The first-order valence-electron chi connectivity index (χ1n) is 6.83. The van der Waals surface area contributed by atoms with Crippen molar-refractivity contribution in [3.63, 3.8) is 0 Å². The highest BCUT2D eigenvalue weighted by Crippen LogP contribution is 2.38. The van der Waals surface area contributed by atoms with Crippen LogP contribution in [0.1, 0.15) is 55.1 Å². The Balaban J connectivity index is 2.47. The third-order valence-corrected chi connectivity index (χ3v) is 3.63. The Morgan fingerprint density at radius 1 is 1.40 bits per heavy atom. The van der Waals surface area contributed by atoms with E-state index in [0.29, 0.717) is 24.1 Å². The molecule has 0 bridgehead atoms. The molecule has 0 radical (unpaired) electrons. The highest BCUT2D eigenvalue weighted by molar-refractivity contribution is 5.96. The van der Waals surface area contributed by atoms with Crippen LogP contribution in [0.15, 0.2) is 18.2 Å². The second-order valence-corrected chi connectivity index (χ2v) is 5.19. The second kappa shape index (κ2) is 5.63. The molecule has 2 atom stereocenters. The maximum absolute atomic E-state index is 12.2. The van der Waals surface area contributed by atoms with Crippen LogP contribution in [0.25, 0.3) is 0 Å². The predicted octanol–water partition coefficient (Wildman–Crippen LogP) is 2.34. The van der Waals surface area contributed by atoms with Gasteiger partial charge in [-0.05, 0) is 38.0 Å². The van der Waals surface area contributed by atoms with Gasteiger partial charge in [0.25, 0.3) is 0 Å². The average Bonchev–Trinajstić information content (AvgIpc) is 2.38. The Bertz CT molecular complexity index is 541. The van der Waals surface area contributed by atoms with Crippen LogP contribution >= 0.6 is 0 Å². The maximum Gasteiger partial charge on any atom is 0.335 e. The van der Waals surface area contributed by atoms with E-state index in [1.165, 1.54) is 12.1 Å². The van der Waals surface area contributed by atoms with Gasteiger partial charge in [0, 0.05) is 23.7 Å². The molecule has 20 heavy (non-hydrogen) atoms. The van der Waals surface area contributed by atoms with Gasteiger partial charge in [-0.15, -0.1) is 0 Å². The molecule has 0 saturated heterocycles. The molecule has 0 aliphatic carbocycles. The van der Waals surface area contributed by atoms with Gasteiger partial charge in [0.1, 0.15) is 0 Å². The topological polar surface area (TPSA) is 77.8 Å². The third-order valence-electron chi connectivity index (χ3n) is 3.63. The second-order valence-electron chi connectivity index (χ2n) is 5.19. The first-order chi connectivity index (χ1) is 9.45. The maximum atomic E-state index is 12.2. The van der Waals surface area contributed by atoms with Crippen LogP contribution in [-0.2, 0) is 4.79 Å². The van der Waals surface area contributed by atoms with E-state index >= 15 is 0 Å². The molecule has 0 saturated carbocycles. The molecular weight excluding hydrogens is 258 g/mol. The summed E-state index contributed by atoms with van der Waals surface area (Å²) in [5.74, 6) is -1.03. The lowest BCUT2D eigenvalue weighted by molar-refractivity contribution is -0.119. The van der Waals surface area contributed by atoms with E-state index in [-0.39, 0.29) is 17.5 Å². The summed E-state index contributed by atoms with van der Waals surface area (Å²) < 4.78 is 0. The lowest BCUT2D eigenvalue weighted by Gasteiger charge is -2.37. The summed E-state index contributed by atoms with van der Waals surface area (Å²) in [6, 6.07) is 4.45. The van der Waals surface area contributed by atoms with E-state index in [9.17, 15) is 14.7 Å². The molecule has 2 rings (SSSR count). The lowest BCUT2D eigenvalue weighted by Crippen LogP contribution is -2.43. The molecule has 1 aromatic carbocycles. The van der Waals surface area contributed by atoms with Gasteiger partial charge >= 0.3 is 5.97 Å². The molecule has 1 amide bonds. The van der Waals surface area contributed by atoms with E-state index < -0.39 is 12.1 Å². The largest absolute Gasteiger partial charge is 0.478 e. The van der Waals surface area contributed by atoms with Crippen LogP contribution in [0.2, 0.25) is 0 Å². The first kappa shape index (κ1) is 14.5. The number of hydrogen-bond acceptors (Lipinski definition) is 3. The van der Waals surface area contributed by atoms with Gasteiger partial charge < -0.3 is 15.1 Å². The Morgan fingerprint density at radius 2 is 2.10 bits per heavy atom. The molecule has 1 aliphatic heterocycles. The number of carboxylic acids is 1. The summed E-state index contributed by atoms with van der Waals surface area (Å²) >= 11 is 0. The molecule has 0 unspecified atom stereocenters. The number of aliphatic hydroxyl groups is 1. The zero-order chi connectivity index (χ0) is 14.9. The third kappa shape index (κ3) is 2.54. The van der Waals surface area contributed by atoms with E-state index in [0.717, 1.165) is 6.42 Å². The van der Waals surface area contributed by atoms with Gasteiger partial charge in [0.2, 0.25) is 5.91 Å². The molecule has 0 fully saturated rings. The monoisotopic (exact) mass is 277 g/mol. The normalized spacial score (nSPS) is 21.4. The number of aliphatic hydroxyl groups excluding tert-OH is 1. The van der Waals surface area contributed by atoms with Crippen molar-refractivity contribution in [1.82, 2.24) is 0 Å². The highest BCUT2D eigenvalue weighted by Gasteiger charge is 2.32. The molecule has 5 heteroatoms. The Labute approximate surface area is 117 Å². The van der Waals surface area contributed by atoms with Gasteiger partial charge in [-0.3, -0.25) is 4.79 Å². The molecule has 2 N–H and O–H groups in total. The van der Waals surface area contributed by atoms with Crippen molar-refractivity contribution in [3.05, 3.63) is 29.3 Å². The number of nitrogens with zero attached hydrogens (tertiary/aromatic N) is 1. The van der Waals surface area contributed by atoms with E-state index in [2.05, 4.69) is 0 Å². The number of aromatic carboxylic acids is 1. The lowest BCUT2D eigenvalue weighted by atomic mass is 9.92. The SMILES string of the molecule is CCCC(=O)N1c2ccc(C(=O)O)cc2[C@H](O)C[C@@H]1C. The number of amides is 1. The zero-order valence-electron chi connectivity index (χ0n) is 11.7. The number of rotatable bonds is 3. The van der Waals surface area contributed by atoms with Crippen LogP contribution in [0, 0.1) is 0 Å². The van der Waals surface area contributed by atoms with Crippen molar-refractivity contribution in [1.29, 1.82) is 0 Å². The van der Waals surface area contributed by atoms with Gasteiger partial charge in [-0.2, -0.15) is 0 Å². The van der Waals surface area contributed by atoms with Crippen molar-refractivity contribution >= 4 is 17.6 Å². The summed E-state index contributed by atoms with van der Waals surface area (Å²) in [4.78, 5) is 24.9. The van der Waals surface area contributed by atoms with Gasteiger partial charge in [0.15, 0.2) is 0 Å². The first-order valence-corrected chi connectivity index (χ1v) is 6.83. The Morgan fingerprint density at radius 3 is 2.70 bits per heavy atom. The van der Waals surface area contributed by atoms with Crippen LogP contribution in [-0.4, -0.2) is 28.1 Å². The summed E-state index contributed by atoms with van der Waals surface area (Å²) in [6.45, 7) is 3.83. The summed E-state index contributed by atoms with van der Waals surface area (Å²) in [7, 11) is 0. The fraction of sp³-hybridized carbons (Fsp3) is 0.467. The number of benzene rings is 1. The fourth-order valence-corrected chi connectivity index (χ4v) is 2.68. The average molecular weight is 277 g/mol. The minimum Gasteiger partial charge on any atom is -0.478 e. The molecule has 1 heterocycles. The van der Waals surface area contributed by atoms with Crippen molar-refractivity contribution in [3.8, 4) is 0 Å². The number of anilines is 1. The standard InChI is InChI=1S/C15H19NO4/c1-3-4-14(18)16-9(2)7-13(17)11-8-10(15(19)20)5-6-12(11)16/h5-6,8-9,13,17H,3-4,7H2,1-2H3,(H,19,20)/t9-,13+/m0/s1. The van der Waals surface area contributed by atoms with Crippen molar-refractivity contribution < 1.29 is 19.8 Å². The zero-order valence-corrected chi connectivity index (χ0v) is 11.7. The molecule has 5 nitrogen and oxygen atoms in total. The number of carboxylic acid groups (broad SMARTS) is 1. The van der Waals surface area contributed by atoms with Crippen LogP contribution in [0.3, 0.4) is 0 Å². The number of carbonyl (C=O) groups is 2. The number of fused-ring (bicyclic) bond motifs is 1. The highest BCUT2D eigenvalue weighted by atomic mass is 16.4. The minimum absolute atomic E-state index is 0.0104. The van der Waals surface area contributed by atoms with Gasteiger partial charge in [-0.1, -0.05) is 6.92 Å². The molecule has 0 spiro atoms. The van der Waals surface area contributed by atoms with E-state index in [1.807, 2.05) is 13.8 Å². The smallest absolute Gasteiger partial charge is 0.335 e. The number of hydrogen-bond donors (Lipinski definition) is 2. The Hall–Kier alpha value is -1.88. The van der Waals surface area contributed by atoms with Gasteiger partial charge in [-0.25, -0.2) is 4.79 Å². The molecular formula is C15H19NO4. The van der Waals surface area contributed by atoms with Crippen LogP contribution < -0.4 is 4.90 Å². The van der Waals surface area contributed by atoms with Crippen molar-refractivity contribution in [2.75, 3.05) is 4.90 Å². The van der Waals surface area contributed by atoms with E-state index in [4.69, 9.17) is 5.11 Å². The summed E-state index contributed by atoms with van der Waals surface area (Å²) in [5.41, 5.74) is 1.27. The van der Waals surface area contributed by atoms with Crippen LogP contribution in [0.5, 0.6) is 0 Å². The Kier molecular flexibility index (Phi) is 4.09. The minimum atomic E-state index is -1.04. The molecule has 1 aromatic rings. The predicted molar refractivity (Wildman–Crippen MR) is 74.8 cm³/mol. The number of carbonyl (C=O) groups excluding carboxylic acids is 1. The van der Waals surface area contributed by atoms with Crippen molar-refractivity contribution in [2.24, 2.45) is 0 Å². The molecule has 108 valence electrons. The quantitative estimate of drug-likeness (QED) is 0.889. The summed E-state index contributed by atoms with van der Waals surface area (Å²) in [5, 5.41) is 19.2. The van der Waals surface area contributed by atoms with Crippen molar-refractivity contribution in [2.45, 2.75) is 45.3 Å². The van der Waals surface area contributed by atoms with E-state index in [1.54, 1.807) is 11.0 Å². The fourth-order valence-electron chi connectivity index (χ4n) is 2.68. The molecule has 0 aromatic heterocycles. The summed E-state index contributed by atoms with van der Waals surface area (Å²) in [6.07, 6.45) is 0.893.